The van der Waals surface area contributed by atoms with E-state index < -0.39 is 0 Å². The second-order valence-corrected chi connectivity index (χ2v) is 5.47. The van der Waals surface area contributed by atoms with Crippen molar-refractivity contribution in [2.45, 2.75) is 25.7 Å². The number of piperidine rings is 1. The first-order chi connectivity index (χ1) is 8.65. The minimum Gasteiger partial charge on any atom is -0.354 e. The highest BCUT2D eigenvalue weighted by molar-refractivity contribution is 5.85. The molecular formula is C13H23N3O2. The predicted octanol–water partition coefficient (Wildman–Crippen LogP) is 0.0668. The summed E-state index contributed by atoms with van der Waals surface area (Å²) in [5, 5.41) is 2.96. The van der Waals surface area contributed by atoms with Gasteiger partial charge < -0.3 is 15.1 Å². The lowest BCUT2D eigenvalue weighted by atomic mass is 9.97. The van der Waals surface area contributed by atoms with Crippen molar-refractivity contribution in [2.75, 3.05) is 39.8 Å². The van der Waals surface area contributed by atoms with Gasteiger partial charge in [-0.05, 0) is 45.3 Å². The first kappa shape index (κ1) is 13.3. The van der Waals surface area contributed by atoms with Gasteiger partial charge in [0.1, 0.15) is 0 Å². The molecule has 2 aliphatic heterocycles. The van der Waals surface area contributed by atoms with Crippen LogP contribution in [0.15, 0.2) is 0 Å². The Morgan fingerprint density at radius 3 is 2.67 bits per heavy atom. The monoisotopic (exact) mass is 253 g/mol. The molecule has 0 saturated carbocycles. The molecule has 0 bridgehead atoms. The second-order valence-electron chi connectivity index (χ2n) is 5.47. The third-order valence-corrected chi connectivity index (χ3v) is 3.93. The fourth-order valence-electron chi connectivity index (χ4n) is 2.62. The molecule has 5 nitrogen and oxygen atoms in total. The van der Waals surface area contributed by atoms with Gasteiger partial charge in [-0.25, -0.2) is 0 Å². The summed E-state index contributed by atoms with van der Waals surface area (Å²) in [5.41, 5.74) is 0. The number of carbonyl (C=O) groups excluding carboxylic acids is 2. The van der Waals surface area contributed by atoms with Gasteiger partial charge in [0, 0.05) is 19.5 Å². The number of nitrogens with one attached hydrogen (secondary N) is 1. The van der Waals surface area contributed by atoms with Crippen LogP contribution in [0.5, 0.6) is 0 Å². The molecule has 2 saturated heterocycles. The molecule has 102 valence electrons. The van der Waals surface area contributed by atoms with Crippen molar-refractivity contribution in [3.8, 4) is 0 Å². The fraction of sp³-hybridized carbons (Fsp3) is 0.846. The molecule has 18 heavy (non-hydrogen) atoms. The van der Waals surface area contributed by atoms with E-state index in [0.29, 0.717) is 12.3 Å². The molecule has 0 spiro atoms. The molecule has 0 aromatic heterocycles. The van der Waals surface area contributed by atoms with E-state index >= 15 is 0 Å². The van der Waals surface area contributed by atoms with E-state index in [1.165, 1.54) is 0 Å². The number of rotatable bonds is 4. The van der Waals surface area contributed by atoms with Crippen molar-refractivity contribution in [1.82, 2.24) is 15.1 Å². The van der Waals surface area contributed by atoms with Crippen LogP contribution in [0.25, 0.3) is 0 Å². The van der Waals surface area contributed by atoms with Gasteiger partial charge in [0.05, 0.1) is 6.54 Å². The Kier molecular flexibility index (Phi) is 4.58. The summed E-state index contributed by atoms with van der Waals surface area (Å²) in [6, 6.07) is 0. The Hall–Kier alpha value is -1.10. The van der Waals surface area contributed by atoms with Crippen molar-refractivity contribution in [3.63, 3.8) is 0 Å². The van der Waals surface area contributed by atoms with E-state index in [1.807, 2.05) is 0 Å². The number of nitrogens with zero attached hydrogens (tertiary/aromatic N) is 2. The van der Waals surface area contributed by atoms with E-state index in [9.17, 15) is 9.59 Å². The van der Waals surface area contributed by atoms with E-state index in [4.69, 9.17) is 0 Å². The number of amides is 2. The van der Waals surface area contributed by atoms with Crippen LogP contribution < -0.4 is 5.32 Å². The Morgan fingerprint density at radius 2 is 2.06 bits per heavy atom. The van der Waals surface area contributed by atoms with Gasteiger partial charge in [0.2, 0.25) is 11.8 Å². The smallest absolute Gasteiger partial charge is 0.239 e. The lowest BCUT2D eigenvalue weighted by molar-refractivity contribution is -0.133. The van der Waals surface area contributed by atoms with Crippen molar-refractivity contribution < 1.29 is 9.59 Å². The molecule has 0 aliphatic carbocycles. The summed E-state index contributed by atoms with van der Waals surface area (Å²) in [6.45, 7) is 3.97. The minimum absolute atomic E-state index is 0.0100. The Labute approximate surface area is 108 Å². The van der Waals surface area contributed by atoms with Gasteiger partial charge in [-0.15, -0.1) is 0 Å². The molecule has 1 N–H and O–H groups in total. The lowest BCUT2D eigenvalue weighted by Gasteiger charge is -2.29. The van der Waals surface area contributed by atoms with Gasteiger partial charge in [-0.2, -0.15) is 0 Å². The Bertz CT molecular complexity index is 311. The van der Waals surface area contributed by atoms with E-state index in [1.54, 1.807) is 4.90 Å². The van der Waals surface area contributed by atoms with Crippen LogP contribution >= 0.6 is 0 Å². The zero-order chi connectivity index (χ0) is 13.0. The second kappa shape index (κ2) is 6.18. The molecule has 2 rings (SSSR count). The average Bonchev–Trinajstić information content (AvgIpc) is 2.74. The molecule has 0 aromatic rings. The molecule has 2 fully saturated rings. The first-order valence-corrected chi connectivity index (χ1v) is 6.88. The maximum absolute atomic E-state index is 11.7. The molecule has 2 amide bonds. The maximum Gasteiger partial charge on any atom is 0.239 e. The molecule has 0 unspecified atom stereocenters. The number of hydrogen-bond acceptors (Lipinski definition) is 3. The summed E-state index contributed by atoms with van der Waals surface area (Å²) in [5.74, 6) is 0.702. The summed E-state index contributed by atoms with van der Waals surface area (Å²) >= 11 is 0. The molecule has 2 heterocycles. The average molecular weight is 253 g/mol. The normalized spacial score (nSPS) is 22.5. The van der Waals surface area contributed by atoms with E-state index in [-0.39, 0.29) is 18.4 Å². The zero-order valence-corrected chi connectivity index (χ0v) is 11.2. The van der Waals surface area contributed by atoms with Crippen molar-refractivity contribution in [1.29, 1.82) is 0 Å². The molecule has 5 heteroatoms. The topological polar surface area (TPSA) is 52.7 Å². The standard InChI is InChI=1S/C13H23N3O2/c1-15-7-4-11(5-8-15)9-14-12(17)10-16-6-2-3-13(16)18/h11H,2-10H2,1H3,(H,14,17). The number of hydrogen-bond donors (Lipinski definition) is 1. The Balaban J connectivity index is 1.64. The SMILES string of the molecule is CN1CCC(CNC(=O)CN2CCCC2=O)CC1. The van der Waals surface area contributed by atoms with Crippen LogP contribution in [-0.4, -0.2) is 61.4 Å². The van der Waals surface area contributed by atoms with Gasteiger partial charge >= 0.3 is 0 Å². The van der Waals surface area contributed by atoms with E-state index in [2.05, 4.69) is 17.3 Å². The molecular weight excluding hydrogens is 230 g/mol. The predicted molar refractivity (Wildman–Crippen MR) is 69.0 cm³/mol. The Morgan fingerprint density at radius 1 is 1.33 bits per heavy atom. The molecule has 0 aromatic carbocycles. The van der Waals surface area contributed by atoms with Crippen molar-refractivity contribution in [2.24, 2.45) is 5.92 Å². The summed E-state index contributed by atoms with van der Waals surface area (Å²) < 4.78 is 0. The van der Waals surface area contributed by atoms with Crippen LogP contribution in [0, 0.1) is 5.92 Å². The van der Waals surface area contributed by atoms with Gasteiger partial charge in [-0.3, -0.25) is 9.59 Å². The summed E-state index contributed by atoms with van der Waals surface area (Å²) in [6.07, 6.45) is 3.79. The zero-order valence-electron chi connectivity index (χ0n) is 11.2. The van der Waals surface area contributed by atoms with Crippen LogP contribution in [-0.2, 0) is 9.59 Å². The quantitative estimate of drug-likeness (QED) is 0.771. The minimum atomic E-state index is -0.0100. The third-order valence-electron chi connectivity index (χ3n) is 3.93. The molecule has 2 aliphatic rings. The fourth-order valence-corrected chi connectivity index (χ4v) is 2.62. The van der Waals surface area contributed by atoms with Crippen LogP contribution in [0.4, 0.5) is 0 Å². The lowest BCUT2D eigenvalue weighted by Crippen LogP contribution is -2.41. The highest BCUT2D eigenvalue weighted by atomic mass is 16.2. The van der Waals surface area contributed by atoms with Crippen LogP contribution in [0.3, 0.4) is 0 Å². The number of likely N-dealkylation sites (tertiary alicyclic amines) is 2. The maximum atomic E-state index is 11.7. The summed E-state index contributed by atoms with van der Waals surface area (Å²) in [4.78, 5) is 27.1. The van der Waals surface area contributed by atoms with Crippen molar-refractivity contribution in [3.05, 3.63) is 0 Å². The van der Waals surface area contributed by atoms with Crippen LogP contribution in [0.1, 0.15) is 25.7 Å². The van der Waals surface area contributed by atoms with Gasteiger partial charge in [-0.1, -0.05) is 0 Å². The third kappa shape index (κ3) is 3.70. The first-order valence-electron chi connectivity index (χ1n) is 6.88. The highest BCUT2D eigenvalue weighted by Crippen LogP contribution is 2.14. The summed E-state index contributed by atoms with van der Waals surface area (Å²) in [7, 11) is 2.13. The van der Waals surface area contributed by atoms with E-state index in [0.717, 1.165) is 45.4 Å². The van der Waals surface area contributed by atoms with Crippen molar-refractivity contribution >= 4 is 11.8 Å². The largest absolute Gasteiger partial charge is 0.354 e. The van der Waals surface area contributed by atoms with Gasteiger partial charge in [0.15, 0.2) is 0 Å². The number of carbonyl (C=O) groups is 2. The highest BCUT2D eigenvalue weighted by Gasteiger charge is 2.23. The molecule has 0 atom stereocenters. The molecule has 0 radical (unpaired) electrons. The van der Waals surface area contributed by atoms with Crippen LogP contribution in [0.2, 0.25) is 0 Å². The van der Waals surface area contributed by atoms with Gasteiger partial charge in [0.25, 0.3) is 0 Å².